The molecule has 0 aliphatic carbocycles. The third-order valence-electron chi connectivity index (χ3n) is 6.10. The Bertz CT molecular complexity index is 714. The van der Waals surface area contributed by atoms with Gasteiger partial charge in [0.25, 0.3) is 0 Å². The van der Waals surface area contributed by atoms with Crippen molar-refractivity contribution in [3.05, 3.63) is 59.7 Å². The second-order valence-electron chi connectivity index (χ2n) is 8.38. The van der Waals surface area contributed by atoms with E-state index >= 15 is 0 Å². The van der Waals surface area contributed by atoms with Crippen LogP contribution in [0.25, 0.3) is 0 Å². The largest absolute Gasteiger partial charge is 0.381 e. The zero-order valence-electron chi connectivity index (χ0n) is 17.2. The summed E-state index contributed by atoms with van der Waals surface area (Å²) in [5, 5.41) is 0. The molecular weight excluding hydrogens is 334 g/mol. The summed E-state index contributed by atoms with van der Waals surface area (Å²) >= 11 is 0. The van der Waals surface area contributed by atoms with Crippen LogP contribution in [0.1, 0.15) is 50.6 Å². The maximum absolute atomic E-state index is 5.93. The Kier molecular flexibility index (Phi) is 6.28. The molecule has 146 valence electrons. The van der Waals surface area contributed by atoms with Crippen LogP contribution < -0.4 is 0 Å². The molecule has 0 saturated carbocycles. The number of hydrogen-bond donors (Lipinski definition) is 0. The highest BCUT2D eigenvalue weighted by atomic mass is 16.5. The van der Waals surface area contributed by atoms with Crippen molar-refractivity contribution in [2.75, 3.05) is 26.3 Å². The first-order valence-electron chi connectivity index (χ1n) is 10.1. The number of aromatic nitrogens is 2. The smallest absolute Gasteiger partial charge is 0.0535 e. The van der Waals surface area contributed by atoms with Crippen LogP contribution in [0.5, 0.6) is 0 Å². The molecule has 1 fully saturated rings. The monoisotopic (exact) mass is 367 g/mol. The summed E-state index contributed by atoms with van der Waals surface area (Å²) in [5.41, 5.74) is 3.69. The summed E-state index contributed by atoms with van der Waals surface area (Å²) in [4.78, 5) is 11.6. The third kappa shape index (κ3) is 4.74. The van der Waals surface area contributed by atoms with Crippen molar-refractivity contribution in [1.29, 1.82) is 0 Å². The third-order valence-corrected chi connectivity index (χ3v) is 6.10. The number of aryl methyl sites for hydroxylation is 2. The summed E-state index contributed by atoms with van der Waals surface area (Å²) < 4.78 is 5.93. The average molecular weight is 368 g/mol. The Labute approximate surface area is 164 Å². The van der Waals surface area contributed by atoms with Crippen LogP contribution in [-0.4, -0.2) is 41.2 Å². The molecule has 0 unspecified atom stereocenters. The fourth-order valence-electron chi connectivity index (χ4n) is 4.08. The van der Waals surface area contributed by atoms with Gasteiger partial charge in [-0.2, -0.15) is 0 Å². The minimum absolute atomic E-state index is 0.0281. The molecule has 0 N–H and O–H groups in total. The standard InChI is InChI=1S/C23H33N3O/c1-5-27-18-23(12-11-21-8-6-7-14-24-21)13-15-26(17-23)22(3,4)20-10-9-19(2)25-16-20/h6-10,14,16H,5,11-13,15,17-18H2,1-4H3/t23-/m0/s1. The molecule has 1 aliphatic heterocycles. The minimum atomic E-state index is -0.0281. The first kappa shape index (κ1) is 20.0. The summed E-state index contributed by atoms with van der Waals surface area (Å²) in [7, 11) is 0. The molecule has 1 aliphatic rings. The number of nitrogens with zero attached hydrogens (tertiary/aromatic N) is 3. The van der Waals surface area contributed by atoms with Crippen molar-refractivity contribution in [3.8, 4) is 0 Å². The van der Waals surface area contributed by atoms with Gasteiger partial charge in [0, 0.05) is 47.9 Å². The molecule has 27 heavy (non-hydrogen) atoms. The van der Waals surface area contributed by atoms with Gasteiger partial charge in [-0.15, -0.1) is 0 Å². The molecule has 0 radical (unpaired) electrons. The molecule has 0 spiro atoms. The lowest BCUT2D eigenvalue weighted by atomic mass is 9.82. The number of hydrogen-bond acceptors (Lipinski definition) is 4. The lowest BCUT2D eigenvalue weighted by Crippen LogP contribution is -2.42. The van der Waals surface area contributed by atoms with Crippen LogP contribution in [0.4, 0.5) is 0 Å². The Morgan fingerprint density at radius 1 is 1.19 bits per heavy atom. The molecule has 2 aromatic heterocycles. The predicted octanol–water partition coefficient (Wildman–Crippen LogP) is 4.38. The molecule has 1 saturated heterocycles. The number of pyridine rings is 2. The number of rotatable bonds is 8. The molecule has 0 aromatic carbocycles. The number of ether oxygens (including phenoxy) is 1. The second-order valence-corrected chi connectivity index (χ2v) is 8.38. The molecule has 3 rings (SSSR count). The van der Waals surface area contributed by atoms with E-state index in [1.165, 1.54) is 17.7 Å². The molecular formula is C23H33N3O. The van der Waals surface area contributed by atoms with E-state index in [0.29, 0.717) is 0 Å². The first-order valence-corrected chi connectivity index (χ1v) is 10.1. The van der Waals surface area contributed by atoms with Crippen LogP contribution in [0.3, 0.4) is 0 Å². The van der Waals surface area contributed by atoms with E-state index in [4.69, 9.17) is 4.74 Å². The van der Waals surface area contributed by atoms with Gasteiger partial charge < -0.3 is 4.74 Å². The summed E-state index contributed by atoms with van der Waals surface area (Å²) in [6, 6.07) is 10.5. The number of likely N-dealkylation sites (tertiary alicyclic amines) is 1. The second kappa shape index (κ2) is 8.49. The van der Waals surface area contributed by atoms with Gasteiger partial charge in [0.2, 0.25) is 0 Å². The van der Waals surface area contributed by atoms with Crippen LogP contribution in [0, 0.1) is 12.3 Å². The van der Waals surface area contributed by atoms with E-state index in [-0.39, 0.29) is 11.0 Å². The van der Waals surface area contributed by atoms with E-state index in [9.17, 15) is 0 Å². The zero-order valence-corrected chi connectivity index (χ0v) is 17.2. The quantitative estimate of drug-likeness (QED) is 0.694. The van der Waals surface area contributed by atoms with E-state index in [0.717, 1.165) is 44.8 Å². The SMILES string of the molecule is CCOC[C@@]1(CCc2ccccn2)CCN(C(C)(C)c2ccc(C)nc2)C1. The normalized spacial score (nSPS) is 20.9. The van der Waals surface area contributed by atoms with Gasteiger partial charge in [0.05, 0.1) is 6.61 Å². The van der Waals surface area contributed by atoms with Crippen molar-refractivity contribution in [3.63, 3.8) is 0 Å². The molecule has 0 amide bonds. The van der Waals surface area contributed by atoms with Gasteiger partial charge in [-0.1, -0.05) is 12.1 Å². The fourth-order valence-corrected chi connectivity index (χ4v) is 4.08. The molecule has 3 heterocycles. The summed E-state index contributed by atoms with van der Waals surface area (Å²) in [6.45, 7) is 12.5. The molecule has 0 bridgehead atoms. The van der Waals surface area contributed by atoms with Crippen molar-refractivity contribution >= 4 is 0 Å². The van der Waals surface area contributed by atoms with E-state index < -0.39 is 0 Å². The van der Waals surface area contributed by atoms with Crippen molar-refractivity contribution in [1.82, 2.24) is 14.9 Å². The van der Waals surface area contributed by atoms with Crippen LogP contribution >= 0.6 is 0 Å². The van der Waals surface area contributed by atoms with Crippen molar-refractivity contribution in [2.24, 2.45) is 5.41 Å². The maximum atomic E-state index is 5.93. The lowest BCUT2D eigenvalue weighted by molar-refractivity contribution is 0.0383. The topological polar surface area (TPSA) is 38.2 Å². The van der Waals surface area contributed by atoms with E-state index in [1.54, 1.807) is 0 Å². The van der Waals surface area contributed by atoms with Crippen LogP contribution in [0.15, 0.2) is 42.7 Å². The molecule has 4 heteroatoms. The highest BCUT2D eigenvalue weighted by Crippen LogP contribution is 2.41. The lowest BCUT2D eigenvalue weighted by Gasteiger charge is -2.38. The Hall–Kier alpha value is -1.78. The summed E-state index contributed by atoms with van der Waals surface area (Å²) in [6.07, 6.45) is 7.21. The zero-order chi connectivity index (χ0) is 19.3. The average Bonchev–Trinajstić information content (AvgIpc) is 3.12. The van der Waals surface area contributed by atoms with Gasteiger partial charge in [0.15, 0.2) is 0 Å². The van der Waals surface area contributed by atoms with Gasteiger partial charge in [-0.25, -0.2) is 0 Å². The summed E-state index contributed by atoms with van der Waals surface area (Å²) in [5.74, 6) is 0. The van der Waals surface area contributed by atoms with Gasteiger partial charge >= 0.3 is 0 Å². The Morgan fingerprint density at radius 3 is 2.70 bits per heavy atom. The minimum Gasteiger partial charge on any atom is -0.381 e. The predicted molar refractivity (Wildman–Crippen MR) is 110 cm³/mol. The van der Waals surface area contributed by atoms with Crippen molar-refractivity contribution in [2.45, 2.75) is 52.5 Å². The molecule has 4 nitrogen and oxygen atoms in total. The first-order chi connectivity index (χ1) is 13.0. The van der Waals surface area contributed by atoms with Crippen LogP contribution in [0.2, 0.25) is 0 Å². The molecule has 1 atom stereocenters. The van der Waals surface area contributed by atoms with Crippen LogP contribution in [-0.2, 0) is 16.7 Å². The van der Waals surface area contributed by atoms with Gasteiger partial charge in [-0.3, -0.25) is 14.9 Å². The van der Waals surface area contributed by atoms with E-state index in [2.05, 4.69) is 59.9 Å². The molecule has 2 aromatic rings. The van der Waals surface area contributed by atoms with Gasteiger partial charge in [0.1, 0.15) is 0 Å². The highest BCUT2D eigenvalue weighted by Gasteiger charge is 2.43. The van der Waals surface area contributed by atoms with Gasteiger partial charge in [-0.05, 0) is 77.3 Å². The maximum Gasteiger partial charge on any atom is 0.0535 e. The Balaban J connectivity index is 1.73. The fraction of sp³-hybridized carbons (Fsp3) is 0.565. The highest BCUT2D eigenvalue weighted by molar-refractivity contribution is 5.22. The Morgan fingerprint density at radius 2 is 2.04 bits per heavy atom. The van der Waals surface area contributed by atoms with Crippen molar-refractivity contribution < 1.29 is 4.74 Å². The van der Waals surface area contributed by atoms with E-state index in [1.807, 2.05) is 25.4 Å².